The van der Waals surface area contributed by atoms with Crippen molar-refractivity contribution < 1.29 is 22.7 Å². The van der Waals surface area contributed by atoms with Gasteiger partial charge in [0.1, 0.15) is 5.75 Å². The minimum Gasteiger partial charge on any atom is -0.406 e. The van der Waals surface area contributed by atoms with Crippen LogP contribution in [-0.2, 0) is 7.05 Å². The monoisotopic (exact) mass is 517 g/mol. The number of benzene rings is 2. The predicted molar refractivity (Wildman–Crippen MR) is 133 cm³/mol. The maximum Gasteiger partial charge on any atom is 0.573 e. The van der Waals surface area contributed by atoms with Crippen LogP contribution in [-0.4, -0.2) is 46.1 Å². The van der Waals surface area contributed by atoms with Crippen molar-refractivity contribution >= 4 is 55.8 Å². The standard InChI is InChI=1S/C23H22F3N7O2S/c1-33-18-7-4-14(20(34)29-11-3-10-28-9-2-8-27)12-17(18)30-21(33)32-22-31-16-6-5-15(13-19(16)36-22)35-23(24,25)26/h2,4-9,12-13,27-28H,3,10-11H2,1H3,(H,29,34)(H,30,31,32)/b9-2-,27-8?. The Hall–Kier alpha value is -4.13. The van der Waals surface area contributed by atoms with E-state index in [9.17, 15) is 18.0 Å². The Morgan fingerprint density at radius 2 is 2.00 bits per heavy atom. The van der Waals surface area contributed by atoms with E-state index in [1.807, 2.05) is 0 Å². The number of hydrogen-bond donors (Lipinski definition) is 4. The van der Waals surface area contributed by atoms with Gasteiger partial charge in [-0.2, -0.15) is 0 Å². The summed E-state index contributed by atoms with van der Waals surface area (Å²) in [6, 6.07) is 9.17. The summed E-state index contributed by atoms with van der Waals surface area (Å²) in [7, 11) is 1.81. The molecule has 0 saturated carbocycles. The summed E-state index contributed by atoms with van der Waals surface area (Å²) in [5, 5.41) is 16.3. The fourth-order valence-electron chi connectivity index (χ4n) is 3.40. The molecular formula is C23H22F3N7O2S. The van der Waals surface area contributed by atoms with E-state index in [1.54, 1.807) is 42.1 Å². The zero-order valence-corrected chi connectivity index (χ0v) is 19.8. The summed E-state index contributed by atoms with van der Waals surface area (Å²) in [5.41, 5.74) is 2.39. The molecule has 0 aliphatic heterocycles. The number of halogens is 3. The van der Waals surface area contributed by atoms with Crippen molar-refractivity contribution in [2.45, 2.75) is 12.8 Å². The van der Waals surface area contributed by atoms with E-state index in [0.717, 1.165) is 11.9 Å². The Balaban J connectivity index is 1.43. The number of ether oxygens (including phenoxy) is 1. The Morgan fingerprint density at radius 1 is 1.17 bits per heavy atom. The summed E-state index contributed by atoms with van der Waals surface area (Å²) in [6.07, 6.45) is 0.376. The molecule has 2 aromatic carbocycles. The van der Waals surface area contributed by atoms with Crippen molar-refractivity contribution in [2.24, 2.45) is 7.05 Å². The first kappa shape index (κ1) is 25.0. The second-order valence-electron chi connectivity index (χ2n) is 7.61. The minimum absolute atomic E-state index is 0.213. The van der Waals surface area contributed by atoms with Crippen molar-refractivity contribution in [3.05, 3.63) is 54.2 Å². The summed E-state index contributed by atoms with van der Waals surface area (Å²) in [4.78, 5) is 21.5. The molecule has 4 aromatic rings. The third-order valence-corrected chi connectivity index (χ3v) is 5.98. The third-order valence-electron chi connectivity index (χ3n) is 5.05. The molecule has 188 valence electrons. The van der Waals surface area contributed by atoms with Gasteiger partial charge >= 0.3 is 6.36 Å². The van der Waals surface area contributed by atoms with E-state index in [4.69, 9.17) is 5.41 Å². The van der Waals surface area contributed by atoms with Gasteiger partial charge in [0, 0.05) is 38.0 Å². The molecule has 13 heteroatoms. The largest absolute Gasteiger partial charge is 0.573 e. The van der Waals surface area contributed by atoms with E-state index in [-0.39, 0.29) is 11.7 Å². The predicted octanol–water partition coefficient (Wildman–Crippen LogP) is 4.70. The number of nitrogens with one attached hydrogen (secondary N) is 4. The van der Waals surface area contributed by atoms with Gasteiger partial charge < -0.3 is 30.7 Å². The quantitative estimate of drug-likeness (QED) is 0.179. The molecule has 1 amide bonds. The number of nitrogens with zero attached hydrogens (tertiary/aromatic N) is 3. The first-order valence-electron chi connectivity index (χ1n) is 10.8. The van der Waals surface area contributed by atoms with E-state index >= 15 is 0 Å². The number of fused-ring (bicyclic) bond motifs is 2. The lowest BCUT2D eigenvalue weighted by molar-refractivity contribution is -0.274. The van der Waals surface area contributed by atoms with E-state index < -0.39 is 6.36 Å². The number of allylic oxidation sites excluding steroid dienone is 1. The van der Waals surface area contributed by atoms with Crippen molar-refractivity contribution in [2.75, 3.05) is 18.4 Å². The summed E-state index contributed by atoms with van der Waals surface area (Å²) < 4.78 is 43.8. The molecule has 4 rings (SSSR count). The number of anilines is 2. The normalized spacial score (nSPS) is 11.8. The molecule has 0 saturated heterocycles. The molecule has 36 heavy (non-hydrogen) atoms. The number of carbonyl (C=O) groups excluding carboxylic acids is 1. The lowest BCUT2D eigenvalue weighted by atomic mass is 10.2. The topological polar surface area (TPSA) is 117 Å². The second kappa shape index (κ2) is 10.6. The number of thiazole rings is 1. The Labute approximate surface area is 207 Å². The SMILES string of the molecule is Cn1c(Nc2nc3ccc(OC(F)(F)F)cc3s2)nc2cc(C(=O)NCCCN/C=C\C=N)ccc21. The number of carbonyl (C=O) groups is 1. The molecule has 4 N–H and O–H groups in total. The summed E-state index contributed by atoms with van der Waals surface area (Å²) >= 11 is 1.17. The van der Waals surface area contributed by atoms with E-state index in [1.165, 1.54) is 35.8 Å². The van der Waals surface area contributed by atoms with Gasteiger partial charge in [0.05, 0.1) is 21.3 Å². The molecule has 0 fully saturated rings. The molecule has 0 aliphatic rings. The fourth-order valence-corrected chi connectivity index (χ4v) is 4.29. The fraction of sp³-hybridized carbons (Fsp3) is 0.217. The highest BCUT2D eigenvalue weighted by Gasteiger charge is 2.31. The van der Waals surface area contributed by atoms with Crippen LogP contribution in [0.3, 0.4) is 0 Å². The lowest BCUT2D eigenvalue weighted by Gasteiger charge is -2.07. The molecule has 2 heterocycles. The molecule has 0 bridgehead atoms. The van der Waals surface area contributed by atoms with Gasteiger partial charge in [-0.1, -0.05) is 11.3 Å². The molecule has 0 atom stereocenters. The van der Waals surface area contributed by atoms with Crippen LogP contribution >= 0.6 is 11.3 Å². The van der Waals surface area contributed by atoms with Gasteiger partial charge in [0.25, 0.3) is 5.91 Å². The van der Waals surface area contributed by atoms with E-state index in [2.05, 4.69) is 30.7 Å². The molecule has 0 radical (unpaired) electrons. The molecule has 0 unspecified atom stereocenters. The smallest absolute Gasteiger partial charge is 0.406 e. The molecular weight excluding hydrogens is 495 g/mol. The molecule has 2 aromatic heterocycles. The number of alkyl halides is 3. The number of amides is 1. The van der Waals surface area contributed by atoms with Gasteiger partial charge in [-0.05, 0) is 49.0 Å². The third kappa shape index (κ3) is 6.10. The zero-order valence-electron chi connectivity index (χ0n) is 19.0. The Morgan fingerprint density at radius 3 is 2.78 bits per heavy atom. The van der Waals surface area contributed by atoms with E-state index in [0.29, 0.717) is 45.5 Å². The maximum atomic E-state index is 12.5. The van der Waals surface area contributed by atoms with Crippen LogP contribution in [0.2, 0.25) is 0 Å². The highest BCUT2D eigenvalue weighted by atomic mass is 32.1. The van der Waals surface area contributed by atoms with Gasteiger partial charge in [-0.25, -0.2) is 9.97 Å². The highest BCUT2D eigenvalue weighted by Crippen LogP contribution is 2.33. The van der Waals surface area contributed by atoms with Crippen molar-refractivity contribution in [1.82, 2.24) is 25.2 Å². The Bertz CT molecular complexity index is 1430. The van der Waals surface area contributed by atoms with Crippen LogP contribution in [0.5, 0.6) is 5.75 Å². The highest BCUT2D eigenvalue weighted by molar-refractivity contribution is 7.22. The number of aromatic nitrogens is 3. The number of rotatable bonds is 10. The minimum atomic E-state index is -4.77. The van der Waals surface area contributed by atoms with Gasteiger partial charge in [0.2, 0.25) is 5.95 Å². The summed E-state index contributed by atoms with van der Waals surface area (Å²) in [5.74, 6) is -0.0535. The Kier molecular flexibility index (Phi) is 7.38. The van der Waals surface area contributed by atoms with Crippen LogP contribution < -0.4 is 20.7 Å². The molecule has 0 spiro atoms. The number of hydrogen-bond acceptors (Lipinski definition) is 8. The molecule has 0 aliphatic carbocycles. The number of aryl methyl sites for hydroxylation is 1. The second-order valence-corrected chi connectivity index (χ2v) is 8.64. The van der Waals surface area contributed by atoms with Crippen LogP contribution in [0.25, 0.3) is 21.3 Å². The maximum absolute atomic E-state index is 12.5. The lowest BCUT2D eigenvalue weighted by Crippen LogP contribution is -2.26. The van der Waals surface area contributed by atoms with Crippen LogP contribution in [0.15, 0.2) is 48.7 Å². The number of imidazole rings is 1. The van der Waals surface area contributed by atoms with Gasteiger partial charge in [0.15, 0.2) is 5.13 Å². The van der Waals surface area contributed by atoms with Crippen LogP contribution in [0, 0.1) is 5.41 Å². The van der Waals surface area contributed by atoms with Gasteiger partial charge in [-0.15, -0.1) is 13.2 Å². The average Bonchev–Trinajstić information content (AvgIpc) is 3.36. The van der Waals surface area contributed by atoms with Crippen molar-refractivity contribution in [1.29, 1.82) is 5.41 Å². The first-order valence-corrected chi connectivity index (χ1v) is 11.6. The molecule has 9 nitrogen and oxygen atoms in total. The average molecular weight is 518 g/mol. The van der Waals surface area contributed by atoms with Gasteiger partial charge in [-0.3, -0.25) is 4.79 Å². The zero-order chi connectivity index (χ0) is 25.7. The first-order chi connectivity index (χ1) is 17.2. The van der Waals surface area contributed by atoms with Crippen LogP contribution in [0.4, 0.5) is 24.3 Å². The van der Waals surface area contributed by atoms with Crippen molar-refractivity contribution in [3.63, 3.8) is 0 Å². The van der Waals surface area contributed by atoms with Crippen LogP contribution in [0.1, 0.15) is 16.8 Å². The van der Waals surface area contributed by atoms with Crippen molar-refractivity contribution in [3.8, 4) is 5.75 Å². The summed E-state index contributed by atoms with van der Waals surface area (Å²) in [6.45, 7) is 1.16.